The number of hydrogen-bond acceptors (Lipinski definition) is 5. The van der Waals surface area contributed by atoms with Crippen molar-refractivity contribution in [2.24, 2.45) is 0 Å². The fourth-order valence-corrected chi connectivity index (χ4v) is 3.90. The molecule has 0 N–H and O–H groups in total. The smallest absolute Gasteiger partial charge is 0.356 e. The molecule has 154 valence electrons. The Labute approximate surface area is 175 Å². The summed E-state index contributed by atoms with van der Waals surface area (Å²) < 4.78 is 18.3. The zero-order valence-electron chi connectivity index (χ0n) is 17.6. The molecule has 6 nitrogen and oxygen atoms in total. The molecule has 0 radical (unpaired) electrons. The van der Waals surface area contributed by atoms with E-state index >= 15 is 0 Å². The third-order valence-electron chi connectivity index (χ3n) is 5.21. The molecule has 0 saturated heterocycles. The summed E-state index contributed by atoms with van der Waals surface area (Å²) in [4.78, 5) is 17.3. The van der Waals surface area contributed by atoms with Crippen molar-refractivity contribution >= 4 is 27.8 Å². The number of rotatable bonds is 6. The van der Waals surface area contributed by atoms with Crippen molar-refractivity contribution in [2.45, 2.75) is 20.4 Å². The average Bonchev–Trinajstić information content (AvgIpc) is 3.11. The predicted molar refractivity (Wildman–Crippen MR) is 117 cm³/mol. The Morgan fingerprint density at radius 2 is 1.73 bits per heavy atom. The predicted octanol–water partition coefficient (Wildman–Crippen LogP) is 5.07. The van der Waals surface area contributed by atoms with Crippen molar-refractivity contribution in [2.75, 3.05) is 20.8 Å². The highest BCUT2D eigenvalue weighted by atomic mass is 16.5. The van der Waals surface area contributed by atoms with Gasteiger partial charge in [0.2, 0.25) is 0 Å². The number of benzene rings is 2. The quantitative estimate of drug-likeness (QED) is 0.420. The van der Waals surface area contributed by atoms with Gasteiger partial charge in [-0.1, -0.05) is 18.2 Å². The summed E-state index contributed by atoms with van der Waals surface area (Å²) in [5.74, 6) is 0.801. The second-order valence-electron chi connectivity index (χ2n) is 6.80. The first-order valence-corrected chi connectivity index (χ1v) is 9.94. The van der Waals surface area contributed by atoms with Crippen LogP contribution in [-0.4, -0.2) is 36.3 Å². The molecule has 0 unspecified atom stereocenters. The van der Waals surface area contributed by atoms with Gasteiger partial charge in [-0.25, -0.2) is 9.78 Å². The molecule has 0 aliphatic heterocycles. The van der Waals surface area contributed by atoms with Gasteiger partial charge in [0.1, 0.15) is 5.69 Å². The van der Waals surface area contributed by atoms with Gasteiger partial charge in [0.15, 0.2) is 11.5 Å². The first-order valence-electron chi connectivity index (χ1n) is 9.94. The maximum absolute atomic E-state index is 12.6. The summed E-state index contributed by atoms with van der Waals surface area (Å²) in [6.45, 7) is 4.95. The minimum Gasteiger partial charge on any atom is -0.493 e. The van der Waals surface area contributed by atoms with Crippen LogP contribution in [0.25, 0.3) is 33.1 Å². The number of pyridine rings is 1. The Bertz CT molecular complexity index is 1240. The number of carbonyl (C=O) groups excluding carboxylic acids is 1. The molecule has 0 amide bonds. The van der Waals surface area contributed by atoms with Crippen LogP contribution >= 0.6 is 0 Å². The van der Waals surface area contributed by atoms with Crippen molar-refractivity contribution in [1.82, 2.24) is 9.55 Å². The normalized spacial score (nSPS) is 11.1. The third kappa shape index (κ3) is 3.14. The van der Waals surface area contributed by atoms with Gasteiger partial charge >= 0.3 is 5.97 Å². The summed E-state index contributed by atoms with van der Waals surface area (Å²) in [5, 5.41) is 2.04. The van der Waals surface area contributed by atoms with E-state index in [2.05, 4.69) is 23.6 Å². The standard InChI is InChI=1S/C24H24N2O4/c1-5-26-19-10-8-7-9-16(19)17-14-18(24(27)30-6-2)25-22(23(17)26)15-11-12-20(28-3)21(13-15)29-4/h7-14H,5-6H2,1-4H3. The monoisotopic (exact) mass is 404 g/mol. The van der Waals surface area contributed by atoms with Gasteiger partial charge in [-0.05, 0) is 44.2 Å². The maximum atomic E-state index is 12.6. The molecule has 30 heavy (non-hydrogen) atoms. The highest BCUT2D eigenvalue weighted by molar-refractivity contribution is 6.13. The summed E-state index contributed by atoms with van der Waals surface area (Å²) in [6, 6.07) is 15.6. The summed E-state index contributed by atoms with van der Waals surface area (Å²) in [5.41, 5.74) is 3.89. The van der Waals surface area contributed by atoms with Crippen molar-refractivity contribution in [1.29, 1.82) is 0 Å². The van der Waals surface area contributed by atoms with Crippen LogP contribution in [-0.2, 0) is 11.3 Å². The Hall–Kier alpha value is -3.54. The highest BCUT2D eigenvalue weighted by Crippen LogP contribution is 2.38. The molecule has 0 fully saturated rings. The van der Waals surface area contributed by atoms with E-state index in [0.717, 1.165) is 33.9 Å². The zero-order valence-corrected chi connectivity index (χ0v) is 17.6. The number of carbonyl (C=O) groups is 1. The summed E-state index contributed by atoms with van der Waals surface area (Å²) in [7, 11) is 3.20. The molecule has 2 aromatic carbocycles. The lowest BCUT2D eigenvalue weighted by molar-refractivity contribution is 0.0520. The van der Waals surface area contributed by atoms with E-state index in [-0.39, 0.29) is 5.69 Å². The molecular weight excluding hydrogens is 380 g/mol. The lowest BCUT2D eigenvalue weighted by Crippen LogP contribution is -2.08. The van der Waals surface area contributed by atoms with E-state index in [1.54, 1.807) is 21.1 Å². The lowest BCUT2D eigenvalue weighted by Gasteiger charge is -2.13. The summed E-state index contributed by atoms with van der Waals surface area (Å²) in [6.07, 6.45) is 0. The van der Waals surface area contributed by atoms with Gasteiger partial charge < -0.3 is 18.8 Å². The number of esters is 1. The second kappa shape index (κ2) is 8.06. The minimum absolute atomic E-state index is 0.285. The number of aromatic nitrogens is 2. The number of para-hydroxylation sites is 1. The number of nitrogens with zero attached hydrogens (tertiary/aromatic N) is 2. The van der Waals surface area contributed by atoms with E-state index in [1.807, 2.05) is 36.4 Å². The van der Waals surface area contributed by atoms with Crippen molar-refractivity contribution in [3.05, 3.63) is 54.2 Å². The first kappa shape index (κ1) is 19.8. The van der Waals surface area contributed by atoms with E-state index in [4.69, 9.17) is 19.2 Å². The van der Waals surface area contributed by atoms with Crippen molar-refractivity contribution in [3.63, 3.8) is 0 Å². The number of fused-ring (bicyclic) bond motifs is 3. The molecule has 0 saturated carbocycles. The van der Waals surface area contributed by atoms with Crippen LogP contribution in [0.3, 0.4) is 0 Å². The SMILES string of the molecule is CCOC(=O)c1cc2c3ccccc3n(CC)c2c(-c2ccc(OC)c(OC)c2)n1. The van der Waals surface area contributed by atoms with Crippen LogP contribution in [0.2, 0.25) is 0 Å². The molecular formula is C24H24N2O4. The number of methoxy groups -OCH3 is 2. The highest BCUT2D eigenvalue weighted by Gasteiger charge is 2.21. The second-order valence-corrected chi connectivity index (χ2v) is 6.80. The molecule has 0 aliphatic rings. The molecule has 4 rings (SSSR count). The Balaban J connectivity index is 2.10. The number of aryl methyl sites for hydroxylation is 1. The summed E-state index contributed by atoms with van der Waals surface area (Å²) >= 11 is 0. The average molecular weight is 404 g/mol. The van der Waals surface area contributed by atoms with Gasteiger partial charge in [-0.3, -0.25) is 0 Å². The maximum Gasteiger partial charge on any atom is 0.356 e. The lowest BCUT2D eigenvalue weighted by atomic mass is 10.1. The fourth-order valence-electron chi connectivity index (χ4n) is 3.90. The van der Waals surface area contributed by atoms with Crippen LogP contribution in [0.1, 0.15) is 24.3 Å². The van der Waals surface area contributed by atoms with E-state index in [9.17, 15) is 4.79 Å². The van der Waals surface area contributed by atoms with Gasteiger partial charge in [-0.2, -0.15) is 0 Å². The van der Waals surface area contributed by atoms with Crippen LogP contribution < -0.4 is 9.47 Å². The van der Waals surface area contributed by atoms with Crippen LogP contribution in [0, 0.1) is 0 Å². The van der Waals surface area contributed by atoms with Gasteiger partial charge in [0, 0.05) is 28.4 Å². The van der Waals surface area contributed by atoms with Gasteiger partial charge in [0.25, 0.3) is 0 Å². The number of ether oxygens (including phenoxy) is 3. The molecule has 2 aromatic heterocycles. The van der Waals surface area contributed by atoms with Crippen LogP contribution in [0.4, 0.5) is 0 Å². The topological polar surface area (TPSA) is 62.6 Å². The zero-order chi connectivity index (χ0) is 21.3. The molecule has 0 bridgehead atoms. The molecule has 2 heterocycles. The van der Waals surface area contributed by atoms with Gasteiger partial charge in [0.05, 0.1) is 32.0 Å². The van der Waals surface area contributed by atoms with Crippen molar-refractivity contribution < 1.29 is 19.0 Å². The third-order valence-corrected chi connectivity index (χ3v) is 5.21. The van der Waals surface area contributed by atoms with E-state index in [0.29, 0.717) is 23.8 Å². The fraction of sp³-hybridized carbons (Fsp3) is 0.250. The molecule has 0 atom stereocenters. The molecule has 4 aromatic rings. The van der Waals surface area contributed by atoms with E-state index < -0.39 is 5.97 Å². The number of hydrogen-bond donors (Lipinski definition) is 0. The first-order chi connectivity index (χ1) is 14.6. The van der Waals surface area contributed by atoms with E-state index in [1.165, 1.54) is 0 Å². The van der Waals surface area contributed by atoms with Crippen LogP contribution in [0.15, 0.2) is 48.5 Å². The van der Waals surface area contributed by atoms with Gasteiger partial charge in [-0.15, -0.1) is 0 Å². The Morgan fingerprint density at radius 1 is 0.967 bits per heavy atom. The van der Waals surface area contributed by atoms with Crippen molar-refractivity contribution in [3.8, 4) is 22.8 Å². The molecule has 0 spiro atoms. The Kier molecular flexibility index (Phi) is 5.31. The molecule has 0 aliphatic carbocycles. The molecule has 6 heteroatoms. The van der Waals surface area contributed by atoms with Crippen LogP contribution in [0.5, 0.6) is 11.5 Å². The largest absolute Gasteiger partial charge is 0.493 e. The Morgan fingerprint density at radius 3 is 2.43 bits per heavy atom. The minimum atomic E-state index is -0.436.